The molecule has 24 heavy (non-hydrogen) atoms. The molecule has 4 heteroatoms. The van der Waals surface area contributed by atoms with Gasteiger partial charge in [-0.25, -0.2) is 13.6 Å². The summed E-state index contributed by atoms with van der Waals surface area (Å²) < 4.78 is 29.0. The average Bonchev–Trinajstić information content (AvgIpc) is 2.59. The van der Waals surface area contributed by atoms with Crippen LogP contribution in [0.25, 0.3) is 4.85 Å². The fraction of sp³-hybridized carbons (Fsp3) is 0.500. The summed E-state index contributed by atoms with van der Waals surface area (Å²) in [6.07, 6.45) is 3.65. The van der Waals surface area contributed by atoms with Crippen LogP contribution >= 0.6 is 0 Å². The summed E-state index contributed by atoms with van der Waals surface area (Å²) in [5.41, 5.74) is 0.933. The molecule has 0 heterocycles. The van der Waals surface area contributed by atoms with Crippen LogP contribution in [0.1, 0.15) is 55.7 Å². The van der Waals surface area contributed by atoms with Crippen molar-refractivity contribution in [1.29, 1.82) is 5.26 Å². The largest absolute Gasteiger partial charge is 0.236 e. The number of allylic oxidation sites excluding steroid dienone is 2. The molecule has 0 N–H and O–H groups in total. The van der Waals surface area contributed by atoms with E-state index in [4.69, 9.17) is 6.57 Å². The maximum atomic E-state index is 14.7. The van der Waals surface area contributed by atoms with Gasteiger partial charge in [0, 0.05) is 10.8 Å². The molecule has 4 rings (SSSR count). The summed E-state index contributed by atoms with van der Waals surface area (Å²) in [5, 5.41) is 9.41. The number of benzene rings is 1. The first kappa shape index (κ1) is 16.7. The summed E-state index contributed by atoms with van der Waals surface area (Å²) in [7, 11) is 0. The molecule has 1 fully saturated rings. The van der Waals surface area contributed by atoms with Crippen LogP contribution in [0.5, 0.6) is 0 Å². The van der Waals surface area contributed by atoms with Gasteiger partial charge in [-0.15, -0.1) is 0 Å². The number of rotatable bonds is 3. The maximum Gasteiger partial charge on any atom is 0.207 e. The third-order valence-corrected chi connectivity index (χ3v) is 6.06. The number of halogens is 2. The lowest BCUT2D eigenvalue weighted by Gasteiger charge is -2.49. The van der Waals surface area contributed by atoms with Crippen LogP contribution in [0.15, 0.2) is 23.8 Å². The Balaban J connectivity index is 1.91. The molecule has 0 unspecified atom stereocenters. The number of nitrogens with zero attached hydrogens (tertiary/aromatic N) is 2. The van der Waals surface area contributed by atoms with Gasteiger partial charge in [0.2, 0.25) is 5.69 Å². The number of fused-ring (bicyclic) bond motifs is 2. The van der Waals surface area contributed by atoms with Gasteiger partial charge in [-0.1, -0.05) is 19.1 Å². The van der Waals surface area contributed by atoms with Gasteiger partial charge < -0.3 is 0 Å². The molecule has 0 atom stereocenters. The van der Waals surface area contributed by atoms with Gasteiger partial charge in [-0.2, -0.15) is 5.26 Å². The molecule has 1 aromatic carbocycles. The molecule has 0 spiro atoms. The molecule has 0 aromatic heterocycles. The second-order valence-electron chi connectivity index (χ2n) is 7.46. The fourth-order valence-corrected chi connectivity index (χ4v) is 4.17. The third-order valence-electron chi connectivity index (χ3n) is 6.06. The number of nitriles is 1. The van der Waals surface area contributed by atoms with Crippen LogP contribution < -0.4 is 0 Å². The Hall–Kier alpha value is -2.20. The van der Waals surface area contributed by atoms with Crippen LogP contribution in [0.3, 0.4) is 0 Å². The van der Waals surface area contributed by atoms with Crippen molar-refractivity contribution in [1.82, 2.24) is 0 Å². The predicted octanol–water partition coefficient (Wildman–Crippen LogP) is 6.08. The SMILES string of the molecule is [C-]#[N+]c1c(C)ccc(CCC23CCC(C)(CC2)C(F)=C3F)c1C#N. The Morgan fingerprint density at radius 1 is 1.21 bits per heavy atom. The lowest BCUT2D eigenvalue weighted by atomic mass is 9.56. The van der Waals surface area contributed by atoms with Gasteiger partial charge in [0.25, 0.3) is 0 Å². The van der Waals surface area contributed by atoms with Crippen LogP contribution in [0.2, 0.25) is 0 Å². The minimum atomic E-state index is -0.724. The first-order chi connectivity index (χ1) is 11.4. The monoisotopic (exact) mass is 326 g/mol. The zero-order valence-electron chi connectivity index (χ0n) is 14.0. The van der Waals surface area contributed by atoms with Crippen LogP contribution in [0.4, 0.5) is 14.5 Å². The van der Waals surface area contributed by atoms with Gasteiger partial charge >= 0.3 is 0 Å². The van der Waals surface area contributed by atoms with E-state index in [1.54, 1.807) is 13.8 Å². The number of aryl methyl sites for hydroxylation is 2. The summed E-state index contributed by atoms with van der Waals surface area (Å²) >= 11 is 0. The second-order valence-corrected chi connectivity index (χ2v) is 7.46. The standard InChI is InChI=1S/C20H20F2N2/c1-13-4-5-14(15(12-23)16(13)24-3)6-7-20-10-8-19(2,9-11-20)17(21)18(20)22/h4-5H,6-11H2,1-2H3. The summed E-state index contributed by atoms with van der Waals surface area (Å²) in [6, 6.07) is 5.78. The van der Waals surface area contributed by atoms with Crippen LogP contribution in [-0.2, 0) is 6.42 Å². The van der Waals surface area contributed by atoms with E-state index >= 15 is 0 Å². The first-order valence-electron chi connectivity index (χ1n) is 8.33. The molecular formula is C20H20F2N2. The maximum absolute atomic E-state index is 14.7. The molecule has 0 saturated heterocycles. The van der Waals surface area contributed by atoms with E-state index in [0.29, 0.717) is 49.8 Å². The molecule has 1 aromatic rings. The Kier molecular flexibility index (Phi) is 3.96. The minimum Gasteiger partial charge on any atom is -0.236 e. The van der Waals surface area contributed by atoms with Crippen molar-refractivity contribution in [2.75, 3.05) is 0 Å². The summed E-state index contributed by atoms with van der Waals surface area (Å²) in [5.74, 6) is -1.13. The zero-order valence-corrected chi connectivity index (χ0v) is 14.0. The second kappa shape index (κ2) is 5.71. The predicted molar refractivity (Wildman–Crippen MR) is 88.7 cm³/mol. The van der Waals surface area contributed by atoms with E-state index in [2.05, 4.69) is 10.9 Å². The Labute approximate surface area is 141 Å². The molecule has 3 aliphatic carbocycles. The van der Waals surface area contributed by atoms with Crippen molar-refractivity contribution >= 4 is 5.69 Å². The van der Waals surface area contributed by atoms with Crippen molar-refractivity contribution in [3.05, 3.63) is 51.9 Å². The van der Waals surface area contributed by atoms with Crippen molar-refractivity contribution in [2.24, 2.45) is 10.8 Å². The highest BCUT2D eigenvalue weighted by atomic mass is 19.2. The van der Waals surface area contributed by atoms with Crippen molar-refractivity contribution < 1.29 is 8.78 Å². The fourth-order valence-electron chi connectivity index (χ4n) is 4.17. The zero-order chi connectivity index (χ0) is 17.5. The molecular weight excluding hydrogens is 306 g/mol. The number of hydrogen-bond donors (Lipinski definition) is 0. The lowest BCUT2D eigenvalue weighted by Crippen LogP contribution is -2.40. The van der Waals surface area contributed by atoms with Crippen LogP contribution in [0, 0.1) is 35.7 Å². The van der Waals surface area contributed by atoms with E-state index in [1.807, 2.05) is 12.1 Å². The van der Waals surface area contributed by atoms with Gasteiger partial charge in [-0.05, 0) is 56.6 Å². The van der Waals surface area contributed by atoms with Crippen molar-refractivity contribution in [2.45, 2.75) is 52.4 Å². The van der Waals surface area contributed by atoms with E-state index in [9.17, 15) is 14.0 Å². The topological polar surface area (TPSA) is 28.1 Å². The molecule has 0 amide bonds. The average molecular weight is 326 g/mol. The summed E-state index contributed by atoms with van der Waals surface area (Å²) in [4.78, 5) is 3.46. The summed E-state index contributed by atoms with van der Waals surface area (Å²) in [6.45, 7) is 10.9. The lowest BCUT2D eigenvalue weighted by molar-refractivity contribution is 0.0498. The van der Waals surface area contributed by atoms with E-state index in [1.165, 1.54) is 0 Å². The van der Waals surface area contributed by atoms with Gasteiger partial charge in [0.15, 0.2) is 0 Å². The number of hydrogen-bond acceptors (Lipinski definition) is 1. The van der Waals surface area contributed by atoms with E-state index in [0.717, 1.165) is 11.1 Å². The molecule has 3 aliphatic rings. The van der Waals surface area contributed by atoms with Crippen molar-refractivity contribution in [3.8, 4) is 6.07 Å². The smallest absolute Gasteiger partial charge is 0.207 e. The van der Waals surface area contributed by atoms with Crippen molar-refractivity contribution in [3.63, 3.8) is 0 Å². The Bertz CT molecular complexity index is 800. The molecule has 0 aliphatic heterocycles. The molecule has 2 bridgehead atoms. The highest BCUT2D eigenvalue weighted by Gasteiger charge is 2.53. The quantitative estimate of drug-likeness (QED) is 0.619. The Morgan fingerprint density at radius 3 is 2.46 bits per heavy atom. The van der Waals surface area contributed by atoms with Gasteiger partial charge in [0.05, 0.1) is 18.2 Å². The first-order valence-corrected chi connectivity index (χ1v) is 8.33. The van der Waals surface area contributed by atoms with Gasteiger partial charge in [-0.3, -0.25) is 0 Å². The normalized spacial score (nSPS) is 28.6. The highest BCUT2D eigenvalue weighted by molar-refractivity contribution is 5.66. The molecule has 0 radical (unpaired) electrons. The van der Waals surface area contributed by atoms with E-state index < -0.39 is 22.5 Å². The minimum absolute atomic E-state index is 0.370. The molecule has 1 saturated carbocycles. The van der Waals surface area contributed by atoms with Crippen LogP contribution in [-0.4, -0.2) is 0 Å². The third kappa shape index (κ3) is 2.33. The van der Waals surface area contributed by atoms with E-state index in [-0.39, 0.29) is 0 Å². The van der Waals surface area contributed by atoms with Gasteiger partial charge in [0.1, 0.15) is 11.7 Å². The Morgan fingerprint density at radius 2 is 1.88 bits per heavy atom. The molecule has 2 nitrogen and oxygen atoms in total. The highest BCUT2D eigenvalue weighted by Crippen LogP contribution is 2.61. The molecule has 124 valence electrons.